The lowest BCUT2D eigenvalue weighted by molar-refractivity contribution is -0.140. The summed E-state index contributed by atoms with van der Waals surface area (Å²) in [6.07, 6.45) is 5.89. The van der Waals surface area contributed by atoms with E-state index in [1.165, 1.54) is 25.5 Å². The maximum Gasteiger partial charge on any atom is 0.331 e. The first kappa shape index (κ1) is 8.32. The molecule has 1 aromatic heterocycles. The Hall–Kier alpha value is -1.78. The molecular weight excluding hydrogens is 158 g/mol. The van der Waals surface area contributed by atoms with Gasteiger partial charge in [-0.15, -0.1) is 0 Å². The Morgan fingerprint density at radius 3 is 3.08 bits per heavy atom. The molecule has 0 fully saturated rings. The van der Waals surface area contributed by atoms with Gasteiger partial charge in [-0.2, -0.15) is 0 Å². The van der Waals surface area contributed by atoms with E-state index in [0.717, 1.165) is 0 Å². The normalized spacial score (nSPS) is 10.1. The van der Waals surface area contributed by atoms with Gasteiger partial charge in [0, 0.05) is 19.3 Å². The highest BCUT2D eigenvalue weighted by atomic mass is 16.7. The molecule has 0 radical (unpaired) electrons. The van der Waals surface area contributed by atoms with Crippen molar-refractivity contribution in [3.63, 3.8) is 0 Å². The lowest BCUT2D eigenvalue weighted by Crippen LogP contribution is -1.93. The zero-order chi connectivity index (χ0) is 8.81. The average Bonchev–Trinajstić information content (AvgIpc) is 2.05. The van der Waals surface area contributed by atoms with E-state index in [2.05, 4.69) is 20.0 Å². The molecule has 1 aromatic rings. The molecular formula is C7H7N3O2. The molecule has 1 rings (SSSR count). The Kier molecular flexibility index (Phi) is 2.89. The SMILES string of the molecule is CC(=O)O/N=C/c1cnccn1. The third kappa shape index (κ3) is 2.87. The van der Waals surface area contributed by atoms with Crippen LogP contribution < -0.4 is 0 Å². The number of hydrogen-bond acceptors (Lipinski definition) is 5. The smallest absolute Gasteiger partial charge is 0.319 e. The van der Waals surface area contributed by atoms with E-state index in [4.69, 9.17) is 0 Å². The van der Waals surface area contributed by atoms with Crippen LogP contribution in [0.5, 0.6) is 0 Å². The van der Waals surface area contributed by atoms with Crippen molar-refractivity contribution in [2.24, 2.45) is 5.16 Å². The highest BCUT2D eigenvalue weighted by Gasteiger charge is 1.88. The number of oxime groups is 1. The summed E-state index contributed by atoms with van der Waals surface area (Å²) in [5.41, 5.74) is 0.541. The standard InChI is InChI=1S/C7H7N3O2/c1-6(11)12-10-5-7-4-8-2-3-9-7/h2-5H,1H3/b10-5+. The van der Waals surface area contributed by atoms with Gasteiger partial charge in [-0.05, 0) is 0 Å². The van der Waals surface area contributed by atoms with E-state index in [1.54, 1.807) is 6.20 Å². The van der Waals surface area contributed by atoms with E-state index < -0.39 is 5.97 Å². The molecule has 5 nitrogen and oxygen atoms in total. The Morgan fingerprint density at radius 2 is 2.50 bits per heavy atom. The summed E-state index contributed by atoms with van der Waals surface area (Å²) < 4.78 is 0. The quantitative estimate of drug-likeness (QED) is 0.361. The van der Waals surface area contributed by atoms with E-state index in [9.17, 15) is 4.79 Å². The molecule has 5 heteroatoms. The number of rotatable bonds is 2. The molecule has 62 valence electrons. The summed E-state index contributed by atoms with van der Waals surface area (Å²) in [6.45, 7) is 1.27. The maximum atomic E-state index is 10.3. The zero-order valence-electron chi connectivity index (χ0n) is 6.47. The molecule has 0 atom stereocenters. The summed E-state index contributed by atoms with van der Waals surface area (Å²) in [5, 5.41) is 3.36. The summed E-state index contributed by atoms with van der Waals surface area (Å²) in [6, 6.07) is 0. The molecule has 0 aliphatic carbocycles. The highest BCUT2D eigenvalue weighted by Crippen LogP contribution is 1.85. The molecule has 0 amide bonds. The summed E-state index contributed by atoms with van der Waals surface area (Å²) >= 11 is 0. The van der Waals surface area contributed by atoms with Gasteiger partial charge in [0.05, 0.1) is 12.4 Å². The Labute approximate surface area is 69.1 Å². The fourth-order valence-corrected chi connectivity index (χ4v) is 0.532. The van der Waals surface area contributed by atoms with Crippen molar-refractivity contribution in [2.75, 3.05) is 0 Å². The number of hydrogen-bond donors (Lipinski definition) is 0. The fraction of sp³-hybridized carbons (Fsp3) is 0.143. The third-order valence-corrected chi connectivity index (χ3v) is 0.949. The monoisotopic (exact) mass is 165 g/mol. The van der Waals surface area contributed by atoms with Gasteiger partial charge in [-0.1, -0.05) is 5.16 Å². The van der Waals surface area contributed by atoms with Gasteiger partial charge in [0.2, 0.25) is 0 Å². The van der Waals surface area contributed by atoms with Crippen LogP contribution in [0.3, 0.4) is 0 Å². The van der Waals surface area contributed by atoms with Gasteiger partial charge in [-0.3, -0.25) is 9.97 Å². The predicted molar refractivity (Wildman–Crippen MR) is 41.4 cm³/mol. The van der Waals surface area contributed by atoms with Crippen LogP contribution in [0.4, 0.5) is 0 Å². The molecule has 0 spiro atoms. The lowest BCUT2D eigenvalue weighted by Gasteiger charge is -1.89. The van der Waals surface area contributed by atoms with Crippen molar-refractivity contribution in [2.45, 2.75) is 6.92 Å². The second-order valence-electron chi connectivity index (χ2n) is 1.95. The van der Waals surface area contributed by atoms with Crippen LogP contribution in [0, 0.1) is 0 Å². The number of carbonyl (C=O) groups excluding carboxylic acids is 1. The van der Waals surface area contributed by atoms with E-state index in [-0.39, 0.29) is 0 Å². The van der Waals surface area contributed by atoms with Crippen molar-refractivity contribution in [1.29, 1.82) is 0 Å². The Balaban J connectivity index is 2.52. The van der Waals surface area contributed by atoms with E-state index in [1.807, 2.05) is 0 Å². The molecule has 0 saturated carbocycles. The molecule has 1 heterocycles. The van der Waals surface area contributed by atoms with Gasteiger partial charge in [0.1, 0.15) is 5.69 Å². The summed E-state index contributed by atoms with van der Waals surface area (Å²) in [7, 11) is 0. The van der Waals surface area contributed by atoms with E-state index in [0.29, 0.717) is 5.69 Å². The summed E-state index contributed by atoms with van der Waals surface area (Å²) in [4.78, 5) is 22.2. The van der Waals surface area contributed by atoms with E-state index >= 15 is 0 Å². The molecule has 0 saturated heterocycles. The summed E-state index contributed by atoms with van der Waals surface area (Å²) in [5.74, 6) is -0.463. The predicted octanol–water partition coefficient (Wildman–Crippen LogP) is 0.374. The van der Waals surface area contributed by atoms with Crippen LogP contribution in [-0.4, -0.2) is 22.2 Å². The van der Waals surface area contributed by atoms with Gasteiger partial charge in [-0.25, -0.2) is 4.79 Å². The largest absolute Gasteiger partial charge is 0.331 e. The van der Waals surface area contributed by atoms with Crippen LogP contribution in [0.25, 0.3) is 0 Å². The minimum atomic E-state index is -0.463. The molecule has 0 bridgehead atoms. The highest BCUT2D eigenvalue weighted by molar-refractivity contribution is 5.76. The van der Waals surface area contributed by atoms with Crippen molar-refractivity contribution in [3.8, 4) is 0 Å². The van der Waals surface area contributed by atoms with Gasteiger partial charge in [0.25, 0.3) is 0 Å². The Morgan fingerprint density at radius 1 is 1.67 bits per heavy atom. The molecule has 12 heavy (non-hydrogen) atoms. The van der Waals surface area contributed by atoms with Crippen molar-refractivity contribution in [1.82, 2.24) is 9.97 Å². The minimum Gasteiger partial charge on any atom is -0.319 e. The van der Waals surface area contributed by atoms with Gasteiger partial charge < -0.3 is 4.84 Å². The topological polar surface area (TPSA) is 64.4 Å². The average molecular weight is 165 g/mol. The van der Waals surface area contributed by atoms with Crippen molar-refractivity contribution < 1.29 is 9.63 Å². The van der Waals surface area contributed by atoms with Gasteiger partial charge >= 0.3 is 5.97 Å². The third-order valence-electron chi connectivity index (χ3n) is 0.949. The zero-order valence-corrected chi connectivity index (χ0v) is 6.47. The van der Waals surface area contributed by atoms with Gasteiger partial charge in [0.15, 0.2) is 0 Å². The van der Waals surface area contributed by atoms with Crippen LogP contribution in [-0.2, 0) is 9.63 Å². The second kappa shape index (κ2) is 4.17. The minimum absolute atomic E-state index is 0.463. The first-order valence-electron chi connectivity index (χ1n) is 3.26. The fourth-order valence-electron chi connectivity index (χ4n) is 0.532. The van der Waals surface area contributed by atoms with Crippen LogP contribution in [0.15, 0.2) is 23.7 Å². The lowest BCUT2D eigenvalue weighted by atomic mass is 10.5. The van der Waals surface area contributed by atoms with Crippen LogP contribution >= 0.6 is 0 Å². The molecule has 0 aliphatic rings. The van der Waals surface area contributed by atoms with Crippen LogP contribution in [0.1, 0.15) is 12.6 Å². The number of aromatic nitrogens is 2. The molecule has 0 N–H and O–H groups in total. The molecule has 0 aromatic carbocycles. The molecule has 0 unspecified atom stereocenters. The van der Waals surface area contributed by atoms with Crippen LogP contribution in [0.2, 0.25) is 0 Å². The first-order chi connectivity index (χ1) is 5.79. The number of nitrogens with zero attached hydrogens (tertiary/aromatic N) is 3. The maximum absolute atomic E-state index is 10.3. The molecule has 0 aliphatic heterocycles. The van der Waals surface area contributed by atoms with Crippen molar-refractivity contribution in [3.05, 3.63) is 24.3 Å². The number of carbonyl (C=O) groups is 1. The first-order valence-corrected chi connectivity index (χ1v) is 3.26. The second-order valence-corrected chi connectivity index (χ2v) is 1.95. The Bertz CT molecular complexity index is 284. The van der Waals surface area contributed by atoms with Crippen molar-refractivity contribution >= 4 is 12.2 Å².